The van der Waals surface area contributed by atoms with Crippen LogP contribution in [-0.2, 0) is 16.2 Å². The first-order valence-electron chi connectivity index (χ1n) is 28.5. The van der Waals surface area contributed by atoms with Crippen molar-refractivity contribution >= 4 is 55.8 Å². The Labute approximate surface area is 465 Å². The summed E-state index contributed by atoms with van der Waals surface area (Å²) in [5.41, 5.74) is 24.9. The first kappa shape index (κ1) is 47.5. The largest absolute Gasteiger partial charge is 0.334 e. The van der Waals surface area contributed by atoms with Crippen molar-refractivity contribution in [2.75, 3.05) is 9.80 Å². The van der Waals surface area contributed by atoms with Gasteiger partial charge in [-0.1, -0.05) is 218 Å². The van der Waals surface area contributed by atoms with Gasteiger partial charge in [-0.15, -0.1) is 0 Å². The van der Waals surface area contributed by atoms with Gasteiger partial charge in [-0.05, 0) is 151 Å². The van der Waals surface area contributed by atoms with Crippen molar-refractivity contribution < 1.29 is 0 Å². The zero-order valence-corrected chi connectivity index (χ0v) is 46.3. The lowest BCUT2D eigenvalue weighted by molar-refractivity contribution is 0.245. The summed E-state index contributed by atoms with van der Waals surface area (Å²) in [6.45, 7) is 17.0. The lowest BCUT2D eigenvalue weighted by atomic mass is 9.62. The second kappa shape index (κ2) is 17.2. The Balaban J connectivity index is 0.977. The molecule has 0 spiro atoms. The minimum absolute atomic E-state index is 0.0328. The Bertz CT molecular complexity index is 4290. The molecule has 5 aliphatic rings. The second-order valence-corrected chi connectivity index (χ2v) is 24.7. The monoisotopic (exact) mass is 1020 g/mol. The van der Waals surface area contributed by atoms with Gasteiger partial charge >= 0.3 is 0 Å². The van der Waals surface area contributed by atoms with E-state index < -0.39 is 0 Å². The quantitative estimate of drug-likeness (QED) is 0.150. The average Bonchev–Trinajstić information content (AvgIpc) is 2.92. The van der Waals surface area contributed by atoms with Crippen molar-refractivity contribution in [3.8, 4) is 27.9 Å². The van der Waals surface area contributed by atoms with Gasteiger partial charge in [0, 0.05) is 61.4 Å². The summed E-state index contributed by atoms with van der Waals surface area (Å²) < 4.78 is 2.58. The van der Waals surface area contributed by atoms with Crippen LogP contribution >= 0.6 is 0 Å². The first-order chi connectivity index (χ1) is 38.3. The maximum atomic E-state index is 2.67. The number of hydrogen-bond donors (Lipinski definition) is 0. The van der Waals surface area contributed by atoms with Gasteiger partial charge in [-0.2, -0.15) is 0 Å². The summed E-state index contributed by atoms with van der Waals surface area (Å²) >= 11 is 0. The lowest BCUT2D eigenvalue weighted by Crippen LogP contribution is -2.36. The third-order valence-electron chi connectivity index (χ3n) is 19.6. The molecule has 0 N–H and O–H groups in total. The summed E-state index contributed by atoms with van der Waals surface area (Å²) in [5.74, 6) is 0.322. The molecule has 0 fully saturated rings. The van der Waals surface area contributed by atoms with Gasteiger partial charge in [-0.3, -0.25) is 0 Å². The van der Waals surface area contributed by atoms with E-state index >= 15 is 0 Å². The molecule has 2 unspecified atom stereocenters. The molecule has 0 amide bonds. The van der Waals surface area contributed by atoms with Gasteiger partial charge in [0.25, 0.3) is 0 Å². The van der Waals surface area contributed by atoms with E-state index in [1.54, 1.807) is 0 Å². The van der Waals surface area contributed by atoms with Crippen LogP contribution < -0.4 is 9.80 Å². The maximum absolute atomic E-state index is 2.67. The number of anilines is 5. The standard InChI is InChI=1S/C76H65N3/c1-73(2)64-31-15-14-30-59(64)60-38-35-56(46-67(60)73)78(54-29-21-27-52(43-54)50-24-12-9-13-25-50)58-45-63-62-44-55(37-40-70(62)79-71-34-17-16-33-66(71)74(3,4)69(48-58)72(63)79)77(53-28-20-26-51(42-53)49-22-10-8-11-23-49)57-36-39-61-65-32-18-19-41-76(65,7)75(5,6)68(61)47-57/h8-34,36-48,56,65H,35H2,1-7H3/t56?,65?,76-/m1/s1. The first-order valence-corrected chi connectivity index (χ1v) is 28.5. The molecule has 15 rings (SSSR count). The molecule has 3 nitrogen and oxygen atoms in total. The molecule has 1 aliphatic heterocycles. The SMILES string of the molecule is CC1(C)C2=CC(N(c3cccc(-c4ccccc4)c3)c3cc4c5c(c3)c3cc(N(c6cccc(-c7ccccc7)c6)c6ccc7c(c6)C(C)(C)[C@]6(C)C=CC=CC76)ccc3n5-c3ccccc3C4(C)C)CC=C2c2ccccc21. The predicted octanol–water partition coefficient (Wildman–Crippen LogP) is 19.9. The number of para-hydroxylation sites is 1. The summed E-state index contributed by atoms with van der Waals surface area (Å²) in [6.07, 6.45) is 15.4. The highest BCUT2D eigenvalue weighted by atomic mass is 15.2. The molecular weight excluding hydrogens is 955 g/mol. The number of aromatic nitrogens is 1. The number of nitrogens with zero attached hydrogens (tertiary/aromatic N) is 3. The van der Waals surface area contributed by atoms with Gasteiger partial charge in [-0.25, -0.2) is 0 Å². The van der Waals surface area contributed by atoms with Gasteiger partial charge < -0.3 is 14.4 Å². The van der Waals surface area contributed by atoms with Crippen molar-refractivity contribution in [2.45, 2.75) is 83.1 Å². The highest BCUT2D eigenvalue weighted by molar-refractivity contribution is 6.14. The molecule has 10 aromatic rings. The normalized spacial score (nSPS) is 20.2. The lowest BCUT2D eigenvalue weighted by Gasteiger charge is -2.41. The van der Waals surface area contributed by atoms with Crippen LogP contribution in [0.4, 0.5) is 28.4 Å². The van der Waals surface area contributed by atoms with Crippen LogP contribution in [-0.4, -0.2) is 10.6 Å². The molecule has 384 valence electrons. The fraction of sp³-hybridized carbons (Fsp3) is 0.184. The van der Waals surface area contributed by atoms with Gasteiger partial charge in [0.05, 0.1) is 22.8 Å². The molecule has 1 aromatic heterocycles. The highest BCUT2D eigenvalue weighted by Crippen LogP contribution is 2.62. The summed E-state index contributed by atoms with van der Waals surface area (Å²) in [5, 5.41) is 2.49. The Morgan fingerprint density at radius 3 is 1.84 bits per heavy atom. The van der Waals surface area contributed by atoms with E-state index in [-0.39, 0.29) is 27.7 Å². The smallest absolute Gasteiger partial charge is 0.0583 e. The van der Waals surface area contributed by atoms with Gasteiger partial charge in [0.15, 0.2) is 0 Å². The second-order valence-electron chi connectivity index (χ2n) is 24.7. The van der Waals surface area contributed by atoms with E-state index in [4.69, 9.17) is 0 Å². The number of rotatable bonds is 8. The van der Waals surface area contributed by atoms with Crippen LogP contribution in [0.1, 0.15) is 94.2 Å². The van der Waals surface area contributed by atoms with E-state index in [1.165, 1.54) is 106 Å². The zero-order valence-electron chi connectivity index (χ0n) is 46.3. The minimum Gasteiger partial charge on any atom is -0.334 e. The van der Waals surface area contributed by atoms with Crippen molar-refractivity contribution in [1.29, 1.82) is 0 Å². The van der Waals surface area contributed by atoms with Crippen molar-refractivity contribution in [1.82, 2.24) is 4.57 Å². The molecule has 2 heterocycles. The predicted molar refractivity (Wildman–Crippen MR) is 333 cm³/mol. The van der Waals surface area contributed by atoms with Crippen molar-refractivity contribution in [3.63, 3.8) is 0 Å². The summed E-state index contributed by atoms with van der Waals surface area (Å²) in [4.78, 5) is 5.19. The molecule has 0 saturated heterocycles. The molecule has 0 saturated carbocycles. The third-order valence-corrected chi connectivity index (χ3v) is 19.6. The van der Waals surface area contributed by atoms with Gasteiger partial charge in [0.2, 0.25) is 0 Å². The molecular formula is C76H65N3. The van der Waals surface area contributed by atoms with E-state index in [1.807, 2.05) is 0 Å². The average molecular weight is 1020 g/mol. The van der Waals surface area contributed by atoms with Crippen molar-refractivity contribution in [2.24, 2.45) is 5.41 Å². The Morgan fingerprint density at radius 2 is 1.08 bits per heavy atom. The van der Waals surface area contributed by atoms with Crippen LogP contribution in [0.3, 0.4) is 0 Å². The summed E-state index contributed by atoms with van der Waals surface area (Å²) in [7, 11) is 0. The fourth-order valence-corrected chi connectivity index (χ4v) is 15.0. The fourth-order valence-electron chi connectivity index (χ4n) is 15.0. The molecule has 79 heavy (non-hydrogen) atoms. The molecule has 3 atom stereocenters. The van der Waals surface area contributed by atoms with Crippen LogP contribution in [0.5, 0.6) is 0 Å². The van der Waals surface area contributed by atoms with E-state index in [9.17, 15) is 0 Å². The van der Waals surface area contributed by atoms with Crippen LogP contribution in [0.25, 0.3) is 55.3 Å². The topological polar surface area (TPSA) is 11.4 Å². The van der Waals surface area contributed by atoms with E-state index in [0.717, 1.165) is 23.5 Å². The Hall–Kier alpha value is -8.66. The van der Waals surface area contributed by atoms with E-state index in [2.05, 4.69) is 306 Å². The molecule has 0 radical (unpaired) electrons. The van der Waals surface area contributed by atoms with Crippen LogP contribution in [0, 0.1) is 5.41 Å². The molecule has 9 aromatic carbocycles. The number of allylic oxidation sites excluding steroid dienone is 6. The maximum Gasteiger partial charge on any atom is 0.0583 e. The van der Waals surface area contributed by atoms with E-state index in [0.29, 0.717) is 5.92 Å². The minimum atomic E-state index is -0.303. The molecule has 0 bridgehead atoms. The number of benzene rings is 9. The third kappa shape index (κ3) is 6.91. The van der Waals surface area contributed by atoms with Crippen LogP contribution in [0.15, 0.2) is 248 Å². The number of hydrogen-bond acceptors (Lipinski definition) is 2. The van der Waals surface area contributed by atoms with Gasteiger partial charge in [0.1, 0.15) is 0 Å². The highest BCUT2D eigenvalue weighted by Gasteiger charge is 2.53. The number of fused-ring (bicyclic) bond motifs is 11. The zero-order chi connectivity index (χ0) is 53.6. The van der Waals surface area contributed by atoms with Crippen molar-refractivity contribution in [3.05, 3.63) is 282 Å². The summed E-state index contributed by atoms with van der Waals surface area (Å²) in [6, 6.07) is 78.0. The van der Waals surface area contributed by atoms with Crippen LogP contribution in [0.2, 0.25) is 0 Å². The Morgan fingerprint density at radius 1 is 0.468 bits per heavy atom. The molecule has 4 aliphatic carbocycles. The Kier molecular flexibility index (Phi) is 10.3. The molecule has 3 heteroatoms.